The smallest absolute Gasteiger partial charge is 0.0444 e. The molecular formula is C15H17ClN2S. The molecule has 2 rings (SSSR count). The molecule has 0 fully saturated rings. The van der Waals surface area contributed by atoms with E-state index in [0.29, 0.717) is 0 Å². The Kier molecular flexibility index (Phi) is 5.00. The van der Waals surface area contributed by atoms with Gasteiger partial charge in [0.15, 0.2) is 0 Å². The summed E-state index contributed by atoms with van der Waals surface area (Å²) in [7, 11) is 1.93. The van der Waals surface area contributed by atoms with Crippen LogP contribution in [0.3, 0.4) is 0 Å². The molecule has 4 heteroatoms. The molecule has 0 spiro atoms. The van der Waals surface area contributed by atoms with Gasteiger partial charge in [0.2, 0.25) is 0 Å². The van der Waals surface area contributed by atoms with E-state index >= 15 is 0 Å². The summed E-state index contributed by atoms with van der Waals surface area (Å²) in [6, 6.07) is 14.1. The minimum absolute atomic E-state index is 0.752. The van der Waals surface area contributed by atoms with E-state index < -0.39 is 0 Å². The summed E-state index contributed by atoms with van der Waals surface area (Å²) in [5, 5.41) is 3.92. The Hall–Kier alpha value is -1.32. The molecule has 0 bridgehead atoms. The van der Waals surface area contributed by atoms with E-state index in [1.54, 1.807) is 11.9 Å². The second-order valence-electron chi connectivity index (χ2n) is 4.14. The average molecular weight is 293 g/mol. The van der Waals surface area contributed by atoms with Gasteiger partial charge in [-0.2, -0.15) is 0 Å². The van der Waals surface area contributed by atoms with Crippen LogP contribution in [-0.4, -0.2) is 7.05 Å². The number of halogens is 1. The van der Waals surface area contributed by atoms with Crippen molar-refractivity contribution in [2.45, 2.75) is 18.2 Å². The first-order valence-corrected chi connectivity index (χ1v) is 7.41. The van der Waals surface area contributed by atoms with Gasteiger partial charge in [-0.25, -0.2) is 0 Å². The van der Waals surface area contributed by atoms with E-state index in [1.807, 2.05) is 31.3 Å². The number of anilines is 2. The third-order valence-corrected chi connectivity index (χ3v) is 4.05. The van der Waals surface area contributed by atoms with Gasteiger partial charge in [0, 0.05) is 28.3 Å². The minimum atomic E-state index is 0.752. The van der Waals surface area contributed by atoms with Gasteiger partial charge in [-0.15, -0.1) is 0 Å². The highest BCUT2D eigenvalue weighted by atomic mass is 35.5. The quantitative estimate of drug-likeness (QED) is 0.753. The zero-order chi connectivity index (χ0) is 13.7. The molecule has 19 heavy (non-hydrogen) atoms. The lowest BCUT2D eigenvalue weighted by Gasteiger charge is -2.11. The van der Waals surface area contributed by atoms with Crippen LogP contribution in [0.4, 0.5) is 11.4 Å². The van der Waals surface area contributed by atoms with E-state index in [1.165, 1.54) is 10.5 Å². The molecule has 100 valence electrons. The molecule has 0 aliphatic carbocycles. The molecule has 2 aromatic rings. The number of rotatable bonds is 5. The molecule has 0 amide bonds. The van der Waals surface area contributed by atoms with Gasteiger partial charge in [0.05, 0.1) is 0 Å². The van der Waals surface area contributed by atoms with Gasteiger partial charge in [-0.1, -0.05) is 24.6 Å². The maximum absolute atomic E-state index is 5.87. The second-order valence-corrected chi connectivity index (χ2v) is 5.42. The average Bonchev–Trinajstić information content (AvgIpc) is 2.46. The molecule has 0 atom stereocenters. The van der Waals surface area contributed by atoms with E-state index in [0.717, 1.165) is 22.8 Å². The van der Waals surface area contributed by atoms with Crippen molar-refractivity contribution >= 4 is 34.9 Å². The zero-order valence-corrected chi connectivity index (χ0v) is 12.6. The molecule has 0 unspecified atom stereocenters. The predicted octanol–water partition coefficient (Wildman–Crippen LogP) is 5.06. The highest BCUT2D eigenvalue weighted by Crippen LogP contribution is 2.28. The van der Waals surface area contributed by atoms with Crippen molar-refractivity contribution in [1.82, 2.24) is 0 Å². The standard InChI is InChI=1S/C15H17ClN2S/c1-3-11-4-7-14(17-2)10-15(11)19-18-13-8-5-12(16)6-9-13/h4-10,17-18H,3H2,1-2H3. The Morgan fingerprint density at radius 3 is 2.37 bits per heavy atom. The first-order valence-electron chi connectivity index (χ1n) is 6.22. The Morgan fingerprint density at radius 1 is 1.05 bits per heavy atom. The first-order chi connectivity index (χ1) is 9.22. The summed E-state index contributed by atoms with van der Waals surface area (Å²) in [5.74, 6) is 0. The van der Waals surface area contributed by atoms with Crippen LogP contribution >= 0.6 is 23.5 Å². The second kappa shape index (κ2) is 6.73. The number of aryl methyl sites for hydroxylation is 1. The molecule has 2 aromatic carbocycles. The maximum atomic E-state index is 5.87. The van der Waals surface area contributed by atoms with Crippen LogP contribution in [0.1, 0.15) is 12.5 Å². The molecule has 0 saturated carbocycles. The largest absolute Gasteiger partial charge is 0.388 e. The Morgan fingerprint density at radius 2 is 1.74 bits per heavy atom. The number of hydrogen-bond donors (Lipinski definition) is 2. The van der Waals surface area contributed by atoms with E-state index in [4.69, 9.17) is 11.6 Å². The molecule has 0 aliphatic rings. The van der Waals surface area contributed by atoms with Gasteiger partial charge in [0.1, 0.15) is 0 Å². The molecule has 0 aromatic heterocycles. The van der Waals surface area contributed by atoms with E-state index in [9.17, 15) is 0 Å². The van der Waals surface area contributed by atoms with Crippen LogP contribution in [0, 0.1) is 0 Å². The fraction of sp³-hybridized carbons (Fsp3) is 0.200. The van der Waals surface area contributed by atoms with Crippen LogP contribution in [-0.2, 0) is 6.42 Å². The molecular weight excluding hydrogens is 276 g/mol. The normalized spacial score (nSPS) is 10.3. The highest BCUT2D eigenvalue weighted by molar-refractivity contribution is 8.00. The van der Waals surface area contributed by atoms with Crippen LogP contribution in [0.25, 0.3) is 0 Å². The third kappa shape index (κ3) is 3.82. The van der Waals surface area contributed by atoms with Gasteiger partial charge in [-0.05, 0) is 60.3 Å². The first kappa shape index (κ1) is 14.1. The van der Waals surface area contributed by atoms with Crippen molar-refractivity contribution < 1.29 is 0 Å². The van der Waals surface area contributed by atoms with Crippen LogP contribution in [0.15, 0.2) is 47.4 Å². The Bertz CT molecular complexity index is 540. The summed E-state index contributed by atoms with van der Waals surface area (Å²) in [6.07, 6.45) is 1.02. The third-order valence-electron chi connectivity index (χ3n) is 2.86. The molecule has 0 saturated heterocycles. The monoisotopic (exact) mass is 292 g/mol. The number of hydrogen-bond acceptors (Lipinski definition) is 3. The van der Waals surface area contributed by atoms with Crippen molar-refractivity contribution in [2.24, 2.45) is 0 Å². The van der Waals surface area contributed by atoms with Crippen molar-refractivity contribution in [3.63, 3.8) is 0 Å². The molecule has 2 nitrogen and oxygen atoms in total. The Balaban J connectivity index is 2.11. The predicted molar refractivity (Wildman–Crippen MR) is 86.3 cm³/mol. The zero-order valence-electron chi connectivity index (χ0n) is 11.0. The lowest BCUT2D eigenvalue weighted by atomic mass is 10.1. The summed E-state index contributed by atoms with van der Waals surface area (Å²) < 4.78 is 3.34. The highest BCUT2D eigenvalue weighted by Gasteiger charge is 2.03. The van der Waals surface area contributed by atoms with Gasteiger partial charge in [-0.3, -0.25) is 0 Å². The summed E-state index contributed by atoms with van der Waals surface area (Å²) in [5.41, 5.74) is 3.51. The minimum Gasteiger partial charge on any atom is -0.388 e. The van der Waals surface area contributed by atoms with E-state index in [-0.39, 0.29) is 0 Å². The summed E-state index contributed by atoms with van der Waals surface area (Å²) >= 11 is 7.50. The van der Waals surface area contributed by atoms with Crippen molar-refractivity contribution in [3.8, 4) is 0 Å². The lowest BCUT2D eigenvalue weighted by Crippen LogP contribution is -1.94. The molecule has 2 N–H and O–H groups in total. The number of benzene rings is 2. The summed E-state index contributed by atoms with van der Waals surface area (Å²) in [4.78, 5) is 1.24. The van der Waals surface area contributed by atoms with Gasteiger partial charge in [0.25, 0.3) is 0 Å². The fourth-order valence-corrected chi connectivity index (χ4v) is 2.75. The van der Waals surface area contributed by atoms with Crippen LogP contribution in [0.5, 0.6) is 0 Å². The molecule has 0 radical (unpaired) electrons. The molecule has 0 aliphatic heterocycles. The molecule has 0 heterocycles. The maximum Gasteiger partial charge on any atom is 0.0444 e. The summed E-state index contributed by atoms with van der Waals surface area (Å²) in [6.45, 7) is 2.17. The van der Waals surface area contributed by atoms with E-state index in [2.05, 4.69) is 35.2 Å². The lowest BCUT2D eigenvalue weighted by molar-refractivity contribution is 1.08. The van der Waals surface area contributed by atoms with Crippen molar-refractivity contribution in [2.75, 3.05) is 17.1 Å². The fourth-order valence-electron chi connectivity index (χ4n) is 1.73. The van der Waals surface area contributed by atoms with Crippen molar-refractivity contribution in [3.05, 3.63) is 53.1 Å². The van der Waals surface area contributed by atoms with Crippen LogP contribution in [0.2, 0.25) is 5.02 Å². The number of nitrogens with one attached hydrogen (secondary N) is 2. The van der Waals surface area contributed by atoms with Crippen LogP contribution < -0.4 is 10.0 Å². The van der Waals surface area contributed by atoms with Crippen molar-refractivity contribution in [1.29, 1.82) is 0 Å². The topological polar surface area (TPSA) is 24.1 Å². The van der Waals surface area contributed by atoms with Gasteiger partial charge >= 0.3 is 0 Å². The SMILES string of the molecule is CCc1ccc(NC)cc1SNc1ccc(Cl)cc1. The Labute approximate surface area is 123 Å². The van der Waals surface area contributed by atoms with Gasteiger partial charge < -0.3 is 10.0 Å².